The lowest BCUT2D eigenvalue weighted by Crippen LogP contribution is -2.29. The highest BCUT2D eigenvalue weighted by Gasteiger charge is 2.35. The number of anilines is 1. The number of benzene rings is 3. The molecule has 172 valence electrons. The first kappa shape index (κ1) is 23.5. The van der Waals surface area contributed by atoms with Gasteiger partial charge in [-0.1, -0.05) is 62.4 Å². The number of aliphatic imine (C=N–C) groups is 1. The van der Waals surface area contributed by atoms with Gasteiger partial charge in [0.05, 0.1) is 29.0 Å². The number of amidine groups is 1. The number of rotatable bonds is 6. The molecule has 1 fully saturated rings. The van der Waals surface area contributed by atoms with Gasteiger partial charge in [0, 0.05) is 0 Å². The zero-order chi connectivity index (χ0) is 24.1. The summed E-state index contributed by atoms with van der Waals surface area (Å²) in [5, 5.41) is 0.629. The number of amides is 1. The Morgan fingerprint density at radius 1 is 0.941 bits per heavy atom. The second-order valence-electron chi connectivity index (χ2n) is 7.72. The summed E-state index contributed by atoms with van der Waals surface area (Å²) in [6, 6.07) is 22.9. The second-order valence-corrected chi connectivity index (χ2v) is 8.73. The summed E-state index contributed by atoms with van der Waals surface area (Å²) in [6.07, 6.45) is 3.49. The highest BCUT2D eigenvalue weighted by Crippen LogP contribution is 2.39. The summed E-state index contributed by atoms with van der Waals surface area (Å²) in [4.78, 5) is 32.6. The van der Waals surface area contributed by atoms with Gasteiger partial charge in [0.2, 0.25) is 0 Å². The third kappa shape index (κ3) is 4.82. The number of esters is 1. The smallest absolute Gasteiger partial charge is 0.337 e. The average molecular weight is 471 g/mol. The van der Waals surface area contributed by atoms with E-state index in [-0.39, 0.29) is 5.91 Å². The number of ether oxygens (including phenoxy) is 1. The van der Waals surface area contributed by atoms with E-state index < -0.39 is 5.97 Å². The lowest BCUT2D eigenvalue weighted by atomic mass is 10.1. The third-order valence-corrected chi connectivity index (χ3v) is 6.61. The largest absolute Gasteiger partial charge is 0.465 e. The van der Waals surface area contributed by atoms with Gasteiger partial charge in [-0.2, -0.15) is 0 Å². The van der Waals surface area contributed by atoms with Crippen LogP contribution in [0.1, 0.15) is 40.9 Å². The molecule has 0 saturated carbocycles. The molecule has 0 bridgehead atoms. The van der Waals surface area contributed by atoms with Gasteiger partial charge in [0.15, 0.2) is 5.17 Å². The summed E-state index contributed by atoms with van der Waals surface area (Å²) < 4.78 is 4.77. The minimum Gasteiger partial charge on any atom is -0.465 e. The first-order valence-electron chi connectivity index (χ1n) is 11.2. The summed E-state index contributed by atoms with van der Waals surface area (Å²) >= 11 is 1.36. The van der Waals surface area contributed by atoms with E-state index in [2.05, 4.69) is 19.9 Å². The molecule has 4 rings (SSSR count). The maximum atomic E-state index is 13.6. The minimum atomic E-state index is -0.392. The lowest BCUT2D eigenvalue weighted by molar-refractivity contribution is -0.113. The normalized spacial score (nSPS) is 15.9. The lowest BCUT2D eigenvalue weighted by Gasteiger charge is -2.19. The number of methoxy groups -OCH3 is 1. The van der Waals surface area contributed by atoms with Gasteiger partial charge in [-0.15, -0.1) is 0 Å². The van der Waals surface area contributed by atoms with Crippen LogP contribution >= 0.6 is 11.8 Å². The Morgan fingerprint density at radius 3 is 2.26 bits per heavy atom. The van der Waals surface area contributed by atoms with Gasteiger partial charge >= 0.3 is 5.97 Å². The van der Waals surface area contributed by atoms with Crippen LogP contribution in [0.3, 0.4) is 0 Å². The molecule has 1 amide bonds. The molecular weight excluding hydrogens is 444 g/mol. The third-order valence-electron chi connectivity index (χ3n) is 5.64. The highest BCUT2D eigenvalue weighted by atomic mass is 32.2. The van der Waals surface area contributed by atoms with E-state index in [1.165, 1.54) is 18.9 Å². The van der Waals surface area contributed by atoms with Crippen molar-refractivity contribution in [2.45, 2.75) is 26.7 Å². The molecule has 0 aliphatic carbocycles. The van der Waals surface area contributed by atoms with Gasteiger partial charge < -0.3 is 4.74 Å². The molecule has 0 N–H and O–H groups in total. The van der Waals surface area contributed by atoms with Crippen molar-refractivity contribution in [3.05, 3.63) is 100.0 Å². The second kappa shape index (κ2) is 10.5. The standard InChI is InChI=1S/C28H26N2O3S/c1-4-20-10-6-8-12-23(20)29-28-30(24-13-9-7-11-21(24)5-2)26(31)25(34-28)18-19-14-16-22(17-15-19)27(32)33-3/h6-18H,4-5H2,1-3H3/b25-18+,29-28?. The number of thioether (sulfide) groups is 1. The minimum absolute atomic E-state index is 0.115. The van der Waals surface area contributed by atoms with E-state index in [1.807, 2.05) is 48.5 Å². The van der Waals surface area contributed by atoms with Crippen molar-refractivity contribution in [2.24, 2.45) is 4.99 Å². The van der Waals surface area contributed by atoms with Crippen LogP contribution in [0, 0.1) is 0 Å². The molecule has 0 atom stereocenters. The van der Waals surface area contributed by atoms with Crippen LogP contribution in [-0.4, -0.2) is 24.2 Å². The molecule has 0 unspecified atom stereocenters. The fourth-order valence-corrected chi connectivity index (χ4v) is 4.78. The molecule has 6 heteroatoms. The van der Waals surface area contributed by atoms with Crippen LogP contribution in [0.4, 0.5) is 11.4 Å². The van der Waals surface area contributed by atoms with E-state index in [1.54, 1.807) is 29.2 Å². The zero-order valence-corrected chi connectivity index (χ0v) is 20.3. The molecule has 5 nitrogen and oxygen atoms in total. The van der Waals surface area contributed by atoms with Gasteiger partial charge in [-0.3, -0.25) is 9.69 Å². The summed E-state index contributed by atoms with van der Waals surface area (Å²) in [6.45, 7) is 4.18. The van der Waals surface area contributed by atoms with E-state index in [9.17, 15) is 9.59 Å². The van der Waals surface area contributed by atoms with Crippen molar-refractivity contribution in [1.82, 2.24) is 0 Å². The quantitative estimate of drug-likeness (QED) is 0.309. The Balaban J connectivity index is 1.78. The monoisotopic (exact) mass is 470 g/mol. The van der Waals surface area contributed by atoms with Crippen LogP contribution in [-0.2, 0) is 22.4 Å². The van der Waals surface area contributed by atoms with E-state index in [0.29, 0.717) is 15.6 Å². The molecule has 3 aromatic rings. The zero-order valence-electron chi connectivity index (χ0n) is 19.4. The Hall–Kier alpha value is -3.64. The van der Waals surface area contributed by atoms with Gasteiger partial charge in [-0.25, -0.2) is 9.79 Å². The van der Waals surface area contributed by atoms with E-state index in [0.717, 1.165) is 40.9 Å². The van der Waals surface area contributed by atoms with E-state index in [4.69, 9.17) is 9.73 Å². The van der Waals surface area contributed by atoms with Crippen molar-refractivity contribution in [3.8, 4) is 0 Å². The van der Waals surface area contributed by atoms with Crippen LogP contribution in [0.25, 0.3) is 6.08 Å². The molecule has 0 radical (unpaired) electrons. The van der Waals surface area contributed by atoms with Crippen LogP contribution < -0.4 is 4.90 Å². The van der Waals surface area contributed by atoms with Gasteiger partial charge in [0.25, 0.3) is 5.91 Å². The molecule has 1 heterocycles. The number of aryl methyl sites for hydroxylation is 2. The van der Waals surface area contributed by atoms with Crippen LogP contribution in [0.5, 0.6) is 0 Å². The van der Waals surface area contributed by atoms with Crippen molar-refractivity contribution in [3.63, 3.8) is 0 Å². The molecule has 1 aliphatic rings. The molecule has 0 aromatic heterocycles. The SMILES string of the molecule is CCc1ccccc1N=C1S/C(=C/c2ccc(C(=O)OC)cc2)C(=O)N1c1ccccc1CC. The van der Waals surface area contributed by atoms with Gasteiger partial charge in [-0.05, 0) is 71.6 Å². The fraction of sp³-hybridized carbons (Fsp3) is 0.179. The molecular formula is C28H26N2O3S. The topological polar surface area (TPSA) is 59.0 Å². The van der Waals surface area contributed by atoms with Crippen LogP contribution in [0.15, 0.2) is 82.7 Å². The van der Waals surface area contributed by atoms with Crippen molar-refractivity contribution >= 4 is 46.3 Å². The predicted octanol–water partition coefficient (Wildman–Crippen LogP) is 6.41. The molecule has 1 aliphatic heterocycles. The molecule has 0 spiro atoms. The number of carbonyl (C=O) groups is 2. The maximum Gasteiger partial charge on any atom is 0.337 e. The first-order valence-corrected chi connectivity index (χ1v) is 12.0. The van der Waals surface area contributed by atoms with Crippen LogP contribution in [0.2, 0.25) is 0 Å². The van der Waals surface area contributed by atoms with Crippen molar-refractivity contribution < 1.29 is 14.3 Å². The molecule has 1 saturated heterocycles. The Labute approximate surface area is 204 Å². The predicted molar refractivity (Wildman–Crippen MR) is 140 cm³/mol. The first-order chi connectivity index (χ1) is 16.5. The summed E-state index contributed by atoms with van der Waals surface area (Å²) in [5.74, 6) is -0.507. The number of hydrogen-bond acceptors (Lipinski definition) is 5. The number of hydrogen-bond donors (Lipinski definition) is 0. The summed E-state index contributed by atoms with van der Waals surface area (Å²) in [7, 11) is 1.35. The number of nitrogens with zero attached hydrogens (tertiary/aromatic N) is 2. The molecule has 34 heavy (non-hydrogen) atoms. The Kier molecular flexibility index (Phi) is 7.28. The van der Waals surface area contributed by atoms with Crippen molar-refractivity contribution in [1.29, 1.82) is 0 Å². The van der Waals surface area contributed by atoms with Crippen molar-refractivity contribution in [2.75, 3.05) is 12.0 Å². The maximum absolute atomic E-state index is 13.6. The fourth-order valence-electron chi connectivity index (χ4n) is 3.80. The Morgan fingerprint density at radius 2 is 1.59 bits per heavy atom. The molecule has 3 aromatic carbocycles. The van der Waals surface area contributed by atoms with Gasteiger partial charge in [0.1, 0.15) is 0 Å². The summed E-state index contributed by atoms with van der Waals surface area (Å²) in [5.41, 5.74) is 5.20. The van der Waals surface area contributed by atoms with E-state index >= 15 is 0 Å². The number of carbonyl (C=O) groups excluding carboxylic acids is 2. The highest BCUT2D eigenvalue weighted by molar-refractivity contribution is 8.19. The Bertz CT molecular complexity index is 1280. The average Bonchev–Trinajstić information content (AvgIpc) is 3.18. The number of para-hydroxylation sites is 2.